The van der Waals surface area contributed by atoms with E-state index < -0.39 is 4.92 Å². The number of aromatic nitrogens is 1. The number of rotatable bonds is 3. The van der Waals surface area contributed by atoms with E-state index in [1.807, 2.05) is 17.0 Å². The molecule has 1 N–H and O–H groups in total. The molecule has 6 nitrogen and oxygen atoms in total. The van der Waals surface area contributed by atoms with Gasteiger partial charge in [-0.15, -0.1) is 0 Å². The van der Waals surface area contributed by atoms with E-state index in [4.69, 9.17) is 0 Å². The Morgan fingerprint density at radius 1 is 1.53 bits per heavy atom. The fourth-order valence-corrected chi connectivity index (χ4v) is 1.82. The summed E-state index contributed by atoms with van der Waals surface area (Å²) in [6.45, 7) is 2.27. The predicted octanol–water partition coefficient (Wildman–Crippen LogP) is 0.952. The molecule has 0 saturated carbocycles. The first-order valence-corrected chi connectivity index (χ1v) is 5.49. The second-order valence-corrected chi connectivity index (χ2v) is 3.86. The quantitative estimate of drug-likeness (QED) is 0.623. The van der Waals surface area contributed by atoms with Gasteiger partial charge in [-0.2, -0.15) is 0 Å². The van der Waals surface area contributed by atoms with Gasteiger partial charge in [0, 0.05) is 32.0 Å². The maximum absolute atomic E-state index is 10.5. The Morgan fingerprint density at radius 3 is 3.00 bits per heavy atom. The molecule has 0 bridgehead atoms. The normalized spacial score (nSPS) is 17.9. The number of pyridine rings is 1. The van der Waals surface area contributed by atoms with Crippen molar-refractivity contribution in [1.82, 2.24) is 15.2 Å². The topological polar surface area (TPSA) is 71.3 Å². The van der Waals surface area contributed by atoms with Crippen LogP contribution >= 0.6 is 0 Å². The predicted molar refractivity (Wildman–Crippen MR) is 62.3 cm³/mol. The lowest BCUT2D eigenvalue weighted by atomic mass is 10.2. The van der Waals surface area contributed by atoms with Crippen molar-refractivity contribution >= 4 is 0 Å². The van der Waals surface area contributed by atoms with Crippen LogP contribution in [0.2, 0.25) is 0 Å². The Morgan fingerprint density at radius 2 is 2.29 bits per heavy atom. The second kappa shape index (κ2) is 5.29. The van der Waals surface area contributed by atoms with Crippen LogP contribution in [0.25, 0.3) is 0 Å². The second-order valence-electron chi connectivity index (χ2n) is 3.86. The summed E-state index contributed by atoms with van der Waals surface area (Å²) < 4.78 is 0. The van der Waals surface area contributed by atoms with Gasteiger partial charge in [0.25, 0.3) is 6.20 Å². The summed E-state index contributed by atoms with van der Waals surface area (Å²) >= 11 is 0. The smallest absolute Gasteiger partial charge is 0.274 e. The Balaban J connectivity index is 2.09. The van der Waals surface area contributed by atoms with Crippen LogP contribution in [0, 0.1) is 10.1 Å². The molecular weight excluding hydrogens is 220 g/mol. The molecule has 1 aliphatic heterocycles. The summed E-state index contributed by atoms with van der Waals surface area (Å²) in [6, 6.07) is 3.83. The summed E-state index contributed by atoms with van der Waals surface area (Å²) in [5, 5.41) is 13.6. The van der Waals surface area contributed by atoms with E-state index in [9.17, 15) is 10.1 Å². The van der Waals surface area contributed by atoms with Gasteiger partial charge in [-0.1, -0.05) is 0 Å². The van der Waals surface area contributed by atoms with E-state index in [0.29, 0.717) is 12.4 Å². The number of nitrogens with zero attached hydrogens (tertiary/aromatic N) is 3. The van der Waals surface area contributed by atoms with Crippen molar-refractivity contribution < 1.29 is 4.92 Å². The van der Waals surface area contributed by atoms with Gasteiger partial charge in [0.15, 0.2) is 5.82 Å². The van der Waals surface area contributed by atoms with Crippen molar-refractivity contribution in [2.75, 3.05) is 13.1 Å². The average Bonchev–Trinajstić information content (AvgIpc) is 2.32. The van der Waals surface area contributed by atoms with Gasteiger partial charge in [0.2, 0.25) is 0 Å². The highest BCUT2D eigenvalue weighted by atomic mass is 16.6. The molecule has 0 unspecified atom stereocenters. The van der Waals surface area contributed by atoms with Crippen molar-refractivity contribution in [3.05, 3.63) is 52.2 Å². The third-order valence-corrected chi connectivity index (χ3v) is 2.60. The van der Waals surface area contributed by atoms with Gasteiger partial charge in [-0.25, -0.2) is 0 Å². The molecule has 0 radical (unpaired) electrons. The van der Waals surface area contributed by atoms with E-state index in [2.05, 4.69) is 10.3 Å². The van der Waals surface area contributed by atoms with E-state index in [1.165, 1.54) is 0 Å². The van der Waals surface area contributed by atoms with Gasteiger partial charge in [0.1, 0.15) is 0 Å². The molecule has 2 heterocycles. The minimum Gasteiger partial charge on any atom is -0.367 e. The third-order valence-electron chi connectivity index (χ3n) is 2.60. The maximum atomic E-state index is 10.5. The van der Waals surface area contributed by atoms with E-state index in [1.54, 1.807) is 12.4 Å². The largest absolute Gasteiger partial charge is 0.367 e. The first-order valence-electron chi connectivity index (χ1n) is 5.49. The summed E-state index contributed by atoms with van der Waals surface area (Å²) in [7, 11) is 0. The van der Waals surface area contributed by atoms with Crippen LogP contribution in [0.5, 0.6) is 0 Å². The van der Waals surface area contributed by atoms with Crippen LogP contribution in [-0.4, -0.2) is 27.9 Å². The molecule has 0 aliphatic carbocycles. The summed E-state index contributed by atoms with van der Waals surface area (Å²) in [4.78, 5) is 16.0. The van der Waals surface area contributed by atoms with Gasteiger partial charge in [0.05, 0.1) is 4.92 Å². The van der Waals surface area contributed by atoms with E-state index >= 15 is 0 Å². The van der Waals surface area contributed by atoms with Crippen molar-refractivity contribution in [3.63, 3.8) is 0 Å². The maximum Gasteiger partial charge on any atom is 0.274 e. The molecule has 90 valence electrons. The molecule has 1 aliphatic rings. The van der Waals surface area contributed by atoms with Gasteiger partial charge < -0.3 is 10.2 Å². The van der Waals surface area contributed by atoms with Crippen LogP contribution in [0.3, 0.4) is 0 Å². The van der Waals surface area contributed by atoms with Crippen LogP contribution in [0.1, 0.15) is 12.0 Å². The highest BCUT2D eigenvalue weighted by Gasteiger charge is 2.17. The molecule has 17 heavy (non-hydrogen) atoms. The zero-order chi connectivity index (χ0) is 12.1. The van der Waals surface area contributed by atoms with Gasteiger partial charge in [-0.3, -0.25) is 15.1 Å². The molecule has 0 aromatic carbocycles. The lowest BCUT2D eigenvalue weighted by Gasteiger charge is -2.30. The summed E-state index contributed by atoms with van der Waals surface area (Å²) in [5.74, 6) is 0.582. The zero-order valence-electron chi connectivity index (χ0n) is 9.37. The van der Waals surface area contributed by atoms with Gasteiger partial charge >= 0.3 is 0 Å². The van der Waals surface area contributed by atoms with Crippen molar-refractivity contribution in [3.8, 4) is 0 Å². The fraction of sp³-hybridized carbons (Fsp3) is 0.364. The minimum atomic E-state index is -0.423. The average molecular weight is 234 g/mol. The molecule has 0 spiro atoms. The van der Waals surface area contributed by atoms with E-state index in [-0.39, 0.29) is 0 Å². The molecule has 1 fully saturated rings. The Kier molecular flexibility index (Phi) is 3.54. The fourth-order valence-electron chi connectivity index (χ4n) is 1.82. The molecule has 0 amide bonds. The number of nitrogens with one attached hydrogen (secondary N) is 1. The van der Waals surface area contributed by atoms with Crippen molar-refractivity contribution in [1.29, 1.82) is 0 Å². The first kappa shape index (κ1) is 11.4. The molecule has 0 atom stereocenters. The van der Waals surface area contributed by atoms with E-state index in [0.717, 1.165) is 31.3 Å². The monoisotopic (exact) mass is 234 g/mol. The SMILES string of the molecule is O=[N+]([O-])/C=C1\NCCCN1Cc1ccncc1. The molecule has 2 rings (SSSR count). The zero-order valence-corrected chi connectivity index (χ0v) is 9.37. The van der Waals surface area contributed by atoms with Crippen LogP contribution in [0.15, 0.2) is 36.5 Å². The molecule has 1 aromatic heterocycles. The Labute approximate surface area is 99.1 Å². The lowest BCUT2D eigenvalue weighted by molar-refractivity contribution is -0.405. The van der Waals surface area contributed by atoms with Crippen molar-refractivity contribution in [2.24, 2.45) is 0 Å². The highest BCUT2D eigenvalue weighted by molar-refractivity contribution is 5.12. The standard InChI is InChI=1S/C11H14N4O2/c16-15(17)9-11-13-4-1-7-14(11)8-10-2-5-12-6-3-10/h2-3,5-6,9,13H,1,4,7-8H2/b11-9+. The number of nitro groups is 1. The number of hydrogen-bond donors (Lipinski definition) is 1. The Bertz CT molecular complexity index is 419. The molecule has 1 saturated heterocycles. The lowest BCUT2D eigenvalue weighted by Crippen LogP contribution is -2.39. The van der Waals surface area contributed by atoms with Gasteiger partial charge in [-0.05, 0) is 24.1 Å². The minimum absolute atomic E-state index is 0.423. The third kappa shape index (κ3) is 3.17. The highest BCUT2D eigenvalue weighted by Crippen LogP contribution is 2.12. The molecule has 6 heteroatoms. The van der Waals surface area contributed by atoms with Crippen LogP contribution in [0.4, 0.5) is 0 Å². The van der Waals surface area contributed by atoms with Crippen molar-refractivity contribution in [2.45, 2.75) is 13.0 Å². The number of hydrogen-bond acceptors (Lipinski definition) is 5. The Hall–Kier alpha value is -2.11. The summed E-state index contributed by atoms with van der Waals surface area (Å²) in [5.41, 5.74) is 1.10. The first-order chi connectivity index (χ1) is 8.25. The van der Waals surface area contributed by atoms with Crippen LogP contribution in [-0.2, 0) is 6.54 Å². The molecule has 1 aromatic rings. The van der Waals surface area contributed by atoms with Crippen LogP contribution < -0.4 is 5.32 Å². The summed E-state index contributed by atoms with van der Waals surface area (Å²) in [6.07, 6.45) is 5.47. The molecular formula is C11H14N4O2.